The summed E-state index contributed by atoms with van der Waals surface area (Å²) in [5.74, 6) is 0.916. The van der Waals surface area contributed by atoms with Crippen molar-refractivity contribution in [2.45, 2.75) is 51.1 Å². The topological polar surface area (TPSA) is 12.5 Å². The molecule has 0 N–H and O–H groups in total. The highest BCUT2D eigenvalue weighted by Gasteiger charge is 2.30. The van der Waals surface area contributed by atoms with E-state index in [0.717, 1.165) is 17.8 Å². The Kier molecular flexibility index (Phi) is 4.32. The first-order valence-electron chi connectivity index (χ1n) is 9.26. The standard InChI is InChI=1S/C22H27NO/c1-16-4-3-13-23(16)21-10-7-19-14-18(5-6-20(19)15-21)17-8-11-22(24-2)12-9-17/h5-6,8-9,11-12,14,16,21H,3-4,7,10,13,15H2,1-2H3/t16-,21-/m1/s1. The van der Waals surface area contributed by atoms with Crippen LogP contribution >= 0.6 is 0 Å². The van der Waals surface area contributed by atoms with Crippen LogP contribution in [0, 0.1) is 0 Å². The number of methoxy groups -OCH3 is 1. The van der Waals surface area contributed by atoms with E-state index in [1.165, 1.54) is 49.8 Å². The number of hydrogen-bond donors (Lipinski definition) is 0. The van der Waals surface area contributed by atoms with Gasteiger partial charge in [-0.3, -0.25) is 4.90 Å². The van der Waals surface area contributed by atoms with Crippen LogP contribution in [0.1, 0.15) is 37.3 Å². The maximum Gasteiger partial charge on any atom is 0.118 e. The van der Waals surface area contributed by atoms with Crippen molar-refractivity contribution in [1.82, 2.24) is 4.90 Å². The molecular formula is C22H27NO. The number of likely N-dealkylation sites (tertiary alicyclic amines) is 1. The van der Waals surface area contributed by atoms with E-state index >= 15 is 0 Å². The zero-order valence-corrected chi connectivity index (χ0v) is 14.8. The van der Waals surface area contributed by atoms with Crippen LogP contribution in [0.3, 0.4) is 0 Å². The fraction of sp³-hybridized carbons (Fsp3) is 0.455. The second kappa shape index (κ2) is 6.60. The maximum absolute atomic E-state index is 5.26. The van der Waals surface area contributed by atoms with E-state index < -0.39 is 0 Å². The van der Waals surface area contributed by atoms with Crippen molar-refractivity contribution >= 4 is 0 Å². The number of hydrogen-bond acceptors (Lipinski definition) is 2. The predicted octanol–water partition coefficient (Wildman–Crippen LogP) is 4.70. The normalized spacial score (nSPS) is 23.9. The zero-order chi connectivity index (χ0) is 16.5. The fourth-order valence-corrected chi connectivity index (χ4v) is 4.48. The quantitative estimate of drug-likeness (QED) is 0.812. The number of aryl methyl sites for hydroxylation is 1. The lowest BCUT2D eigenvalue weighted by Crippen LogP contribution is -2.41. The Morgan fingerprint density at radius 1 is 0.958 bits per heavy atom. The molecular weight excluding hydrogens is 294 g/mol. The molecule has 0 spiro atoms. The van der Waals surface area contributed by atoms with E-state index in [-0.39, 0.29) is 0 Å². The highest BCUT2D eigenvalue weighted by molar-refractivity contribution is 5.66. The van der Waals surface area contributed by atoms with Gasteiger partial charge in [0.2, 0.25) is 0 Å². The SMILES string of the molecule is COc1ccc(-c2ccc3c(c2)CC[C@@H](N2CCC[C@H]2C)C3)cc1. The number of benzene rings is 2. The van der Waals surface area contributed by atoms with Crippen molar-refractivity contribution in [3.8, 4) is 16.9 Å². The highest BCUT2D eigenvalue weighted by Crippen LogP contribution is 2.32. The minimum atomic E-state index is 0.752. The lowest BCUT2D eigenvalue weighted by atomic mass is 9.85. The van der Waals surface area contributed by atoms with Crippen molar-refractivity contribution in [2.75, 3.05) is 13.7 Å². The van der Waals surface area contributed by atoms with E-state index in [4.69, 9.17) is 4.74 Å². The highest BCUT2D eigenvalue weighted by atomic mass is 16.5. The predicted molar refractivity (Wildman–Crippen MR) is 99.6 cm³/mol. The van der Waals surface area contributed by atoms with Crippen molar-refractivity contribution in [3.05, 3.63) is 53.6 Å². The summed E-state index contributed by atoms with van der Waals surface area (Å²) in [5.41, 5.74) is 5.70. The molecule has 1 saturated heterocycles. The van der Waals surface area contributed by atoms with Gasteiger partial charge in [-0.05, 0) is 80.0 Å². The molecule has 1 aliphatic heterocycles. The zero-order valence-electron chi connectivity index (χ0n) is 14.8. The first-order chi connectivity index (χ1) is 11.7. The Labute approximate surface area is 145 Å². The minimum Gasteiger partial charge on any atom is -0.497 e. The molecule has 1 aliphatic carbocycles. The largest absolute Gasteiger partial charge is 0.497 e. The molecule has 2 nitrogen and oxygen atoms in total. The molecule has 1 heterocycles. The van der Waals surface area contributed by atoms with Crippen LogP contribution in [0.2, 0.25) is 0 Å². The summed E-state index contributed by atoms with van der Waals surface area (Å²) < 4.78 is 5.26. The van der Waals surface area contributed by atoms with Crippen LogP contribution in [0.25, 0.3) is 11.1 Å². The second-order valence-corrected chi connectivity index (χ2v) is 7.34. The number of rotatable bonds is 3. The van der Waals surface area contributed by atoms with Gasteiger partial charge in [0.05, 0.1) is 7.11 Å². The van der Waals surface area contributed by atoms with Gasteiger partial charge in [-0.2, -0.15) is 0 Å². The van der Waals surface area contributed by atoms with Gasteiger partial charge in [0.25, 0.3) is 0 Å². The van der Waals surface area contributed by atoms with Crippen LogP contribution in [0.5, 0.6) is 5.75 Å². The molecule has 2 aliphatic rings. The second-order valence-electron chi connectivity index (χ2n) is 7.34. The first-order valence-corrected chi connectivity index (χ1v) is 9.26. The lowest BCUT2D eigenvalue weighted by Gasteiger charge is -2.35. The molecule has 24 heavy (non-hydrogen) atoms. The molecule has 0 aromatic heterocycles. The van der Waals surface area contributed by atoms with Crippen molar-refractivity contribution in [2.24, 2.45) is 0 Å². The molecule has 126 valence electrons. The summed E-state index contributed by atoms with van der Waals surface area (Å²) in [6, 6.07) is 17.0. The van der Waals surface area contributed by atoms with Gasteiger partial charge in [0.1, 0.15) is 5.75 Å². The molecule has 0 amide bonds. The fourth-order valence-electron chi connectivity index (χ4n) is 4.48. The summed E-state index contributed by atoms with van der Waals surface area (Å²) in [6.45, 7) is 3.69. The summed E-state index contributed by atoms with van der Waals surface area (Å²) in [6.07, 6.45) is 6.50. The third-order valence-corrected chi connectivity index (χ3v) is 5.91. The van der Waals surface area contributed by atoms with Gasteiger partial charge in [0, 0.05) is 12.1 Å². The van der Waals surface area contributed by atoms with Gasteiger partial charge in [0.15, 0.2) is 0 Å². The van der Waals surface area contributed by atoms with Gasteiger partial charge in [-0.25, -0.2) is 0 Å². The monoisotopic (exact) mass is 321 g/mol. The van der Waals surface area contributed by atoms with Crippen molar-refractivity contribution in [1.29, 1.82) is 0 Å². The molecule has 2 aromatic rings. The Morgan fingerprint density at radius 2 is 1.75 bits per heavy atom. The van der Waals surface area contributed by atoms with Gasteiger partial charge in [-0.1, -0.05) is 30.3 Å². The average molecular weight is 321 g/mol. The van der Waals surface area contributed by atoms with E-state index in [1.807, 2.05) is 12.1 Å². The Bertz CT molecular complexity index is 706. The maximum atomic E-state index is 5.26. The van der Waals surface area contributed by atoms with Crippen molar-refractivity contribution < 1.29 is 4.74 Å². The molecule has 0 unspecified atom stereocenters. The number of nitrogens with zero attached hydrogens (tertiary/aromatic N) is 1. The summed E-state index contributed by atoms with van der Waals surface area (Å²) in [7, 11) is 1.71. The summed E-state index contributed by atoms with van der Waals surface area (Å²) >= 11 is 0. The molecule has 2 heteroatoms. The molecule has 2 aromatic carbocycles. The number of fused-ring (bicyclic) bond motifs is 1. The lowest BCUT2D eigenvalue weighted by molar-refractivity contribution is 0.174. The Morgan fingerprint density at radius 3 is 2.46 bits per heavy atom. The Hall–Kier alpha value is -1.80. The van der Waals surface area contributed by atoms with Gasteiger partial charge in [-0.15, -0.1) is 0 Å². The van der Waals surface area contributed by atoms with E-state index in [1.54, 1.807) is 18.2 Å². The third-order valence-electron chi connectivity index (χ3n) is 5.91. The molecule has 4 rings (SSSR count). The average Bonchev–Trinajstić information content (AvgIpc) is 3.07. The smallest absolute Gasteiger partial charge is 0.118 e. The van der Waals surface area contributed by atoms with Gasteiger partial charge < -0.3 is 4.74 Å². The van der Waals surface area contributed by atoms with Crippen LogP contribution in [0.4, 0.5) is 0 Å². The summed E-state index contributed by atoms with van der Waals surface area (Å²) in [5, 5.41) is 0. The minimum absolute atomic E-state index is 0.752. The van der Waals surface area contributed by atoms with E-state index in [9.17, 15) is 0 Å². The van der Waals surface area contributed by atoms with Crippen LogP contribution in [-0.4, -0.2) is 30.6 Å². The van der Waals surface area contributed by atoms with Crippen molar-refractivity contribution in [3.63, 3.8) is 0 Å². The first kappa shape index (κ1) is 15.7. The van der Waals surface area contributed by atoms with Crippen LogP contribution in [0.15, 0.2) is 42.5 Å². The molecule has 1 fully saturated rings. The summed E-state index contributed by atoms with van der Waals surface area (Å²) in [4.78, 5) is 2.75. The van der Waals surface area contributed by atoms with Gasteiger partial charge >= 0.3 is 0 Å². The van der Waals surface area contributed by atoms with E-state index in [2.05, 4.69) is 42.2 Å². The molecule has 0 radical (unpaired) electrons. The Balaban J connectivity index is 1.54. The van der Waals surface area contributed by atoms with E-state index in [0.29, 0.717) is 0 Å². The van der Waals surface area contributed by atoms with Crippen LogP contribution in [-0.2, 0) is 12.8 Å². The molecule has 0 bridgehead atoms. The van der Waals surface area contributed by atoms with Crippen LogP contribution < -0.4 is 4.74 Å². The molecule has 2 atom stereocenters. The molecule has 0 saturated carbocycles. The third kappa shape index (κ3) is 2.95. The number of ether oxygens (including phenoxy) is 1.